The van der Waals surface area contributed by atoms with E-state index >= 15 is 0 Å². The highest BCUT2D eigenvalue weighted by molar-refractivity contribution is 5.94. The summed E-state index contributed by atoms with van der Waals surface area (Å²) >= 11 is 0. The SMILES string of the molecule is CCC(CC)C(=O)N(C)CC(=O)Nc1ccc(C)cc1. The van der Waals surface area contributed by atoms with E-state index in [0.717, 1.165) is 24.1 Å². The minimum absolute atomic E-state index is 0.00664. The second-order valence-electron chi connectivity index (χ2n) is 5.12. The van der Waals surface area contributed by atoms with Crippen molar-refractivity contribution in [1.29, 1.82) is 0 Å². The Morgan fingerprint density at radius 2 is 1.70 bits per heavy atom. The molecule has 1 aromatic carbocycles. The zero-order chi connectivity index (χ0) is 15.1. The molecule has 0 unspecified atom stereocenters. The van der Waals surface area contributed by atoms with Gasteiger partial charge in [0.15, 0.2) is 0 Å². The molecule has 4 nitrogen and oxygen atoms in total. The molecule has 0 aliphatic heterocycles. The summed E-state index contributed by atoms with van der Waals surface area (Å²) in [5.74, 6) is -0.128. The fourth-order valence-electron chi connectivity index (χ4n) is 2.08. The molecule has 4 heteroatoms. The number of anilines is 1. The van der Waals surface area contributed by atoms with Gasteiger partial charge in [0.05, 0.1) is 6.54 Å². The zero-order valence-corrected chi connectivity index (χ0v) is 12.8. The Balaban J connectivity index is 2.53. The molecule has 1 aromatic rings. The molecule has 0 saturated carbocycles. The molecule has 0 heterocycles. The van der Waals surface area contributed by atoms with Gasteiger partial charge in [0, 0.05) is 18.7 Å². The summed E-state index contributed by atoms with van der Waals surface area (Å²) in [6, 6.07) is 7.59. The molecular weight excluding hydrogens is 252 g/mol. The topological polar surface area (TPSA) is 49.4 Å². The van der Waals surface area contributed by atoms with Crippen molar-refractivity contribution >= 4 is 17.5 Å². The predicted octanol–water partition coefficient (Wildman–Crippen LogP) is 2.83. The van der Waals surface area contributed by atoms with Gasteiger partial charge in [0.2, 0.25) is 11.8 Å². The maximum absolute atomic E-state index is 12.1. The van der Waals surface area contributed by atoms with Crippen LogP contribution in [0.2, 0.25) is 0 Å². The first kappa shape index (κ1) is 16.2. The lowest BCUT2D eigenvalue weighted by Gasteiger charge is -2.21. The van der Waals surface area contributed by atoms with Crippen LogP contribution in [0.4, 0.5) is 5.69 Å². The fourth-order valence-corrected chi connectivity index (χ4v) is 2.08. The Labute approximate surface area is 121 Å². The fraction of sp³-hybridized carbons (Fsp3) is 0.500. The molecule has 0 bridgehead atoms. The average Bonchev–Trinajstić information content (AvgIpc) is 2.42. The maximum Gasteiger partial charge on any atom is 0.243 e. The monoisotopic (exact) mass is 276 g/mol. The van der Waals surface area contributed by atoms with E-state index in [-0.39, 0.29) is 24.3 Å². The van der Waals surface area contributed by atoms with Crippen molar-refractivity contribution in [2.45, 2.75) is 33.6 Å². The molecule has 0 radical (unpaired) electrons. The van der Waals surface area contributed by atoms with Gasteiger partial charge in [-0.2, -0.15) is 0 Å². The van der Waals surface area contributed by atoms with Gasteiger partial charge in [0.1, 0.15) is 0 Å². The van der Waals surface area contributed by atoms with Gasteiger partial charge in [-0.1, -0.05) is 31.5 Å². The van der Waals surface area contributed by atoms with E-state index in [4.69, 9.17) is 0 Å². The van der Waals surface area contributed by atoms with Crippen LogP contribution < -0.4 is 5.32 Å². The van der Waals surface area contributed by atoms with E-state index < -0.39 is 0 Å². The lowest BCUT2D eigenvalue weighted by molar-refractivity contribution is -0.137. The summed E-state index contributed by atoms with van der Waals surface area (Å²) in [6.45, 7) is 6.06. The number of carbonyl (C=O) groups excluding carboxylic acids is 2. The van der Waals surface area contributed by atoms with Crippen LogP contribution in [0.25, 0.3) is 0 Å². The second-order valence-corrected chi connectivity index (χ2v) is 5.12. The van der Waals surface area contributed by atoms with Gasteiger partial charge in [-0.25, -0.2) is 0 Å². The molecule has 1 rings (SSSR count). The van der Waals surface area contributed by atoms with Crippen molar-refractivity contribution in [3.8, 4) is 0 Å². The van der Waals surface area contributed by atoms with Crippen molar-refractivity contribution in [3.05, 3.63) is 29.8 Å². The number of nitrogens with one attached hydrogen (secondary N) is 1. The predicted molar refractivity (Wildman–Crippen MR) is 81.5 cm³/mol. The van der Waals surface area contributed by atoms with E-state index in [1.807, 2.05) is 45.0 Å². The summed E-state index contributed by atoms with van der Waals surface area (Å²) in [7, 11) is 1.68. The number of hydrogen-bond acceptors (Lipinski definition) is 2. The van der Waals surface area contributed by atoms with Gasteiger partial charge >= 0.3 is 0 Å². The number of benzene rings is 1. The zero-order valence-electron chi connectivity index (χ0n) is 12.8. The highest BCUT2D eigenvalue weighted by atomic mass is 16.2. The van der Waals surface area contributed by atoms with Crippen LogP contribution in [0, 0.1) is 12.8 Å². The summed E-state index contributed by atoms with van der Waals surface area (Å²) in [4.78, 5) is 25.5. The molecule has 0 fully saturated rings. The quantitative estimate of drug-likeness (QED) is 0.868. The van der Waals surface area contributed by atoms with E-state index in [1.165, 1.54) is 4.90 Å². The molecule has 110 valence electrons. The van der Waals surface area contributed by atoms with Crippen LogP contribution in [0.15, 0.2) is 24.3 Å². The summed E-state index contributed by atoms with van der Waals surface area (Å²) < 4.78 is 0. The molecule has 0 aliphatic carbocycles. The van der Waals surface area contributed by atoms with E-state index in [1.54, 1.807) is 7.05 Å². The third-order valence-electron chi connectivity index (χ3n) is 3.43. The van der Waals surface area contributed by atoms with Crippen molar-refractivity contribution in [2.75, 3.05) is 18.9 Å². The summed E-state index contributed by atoms with van der Waals surface area (Å²) in [6.07, 6.45) is 1.61. The normalized spacial score (nSPS) is 10.4. The molecule has 0 aromatic heterocycles. The lowest BCUT2D eigenvalue weighted by Crippen LogP contribution is -2.38. The first-order chi connectivity index (χ1) is 9.47. The van der Waals surface area contributed by atoms with Crippen LogP contribution in [0.3, 0.4) is 0 Å². The van der Waals surface area contributed by atoms with Crippen molar-refractivity contribution in [2.24, 2.45) is 5.92 Å². The number of amides is 2. The molecule has 0 spiro atoms. The highest BCUT2D eigenvalue weighted by Gasteiger charge is 2.20. The Morgan fingerprint density at radius 3 is 2.20 bits per heavy atom. The molecule has 0 saturated heterocycles. The van der Waals surface area contributed by atoms with E-state index in [0.29, 0.717) is 0 Å². The van der Waals surface area contributed by atoms with Gasteiger partial charge in [-0.3, -0.25) is 9.59 Å². The molecule has 0 aliphatic rings. The number of carbonyl (C=O) groups is 2. The van der Waals surface area contributed by atoms with E-state index in [2.05, 4.69) is 5.32 Å². The Kier molecular flexibility index (Phi) is 6.22. The molecule has 2 amide bonds. The number of aryl methyl sites for hydroxylation is 1. The molecule has 20 heavy (non-hydrogen) atoms. The van der Waals surface area contributed by atoms with Gasteiger partial charge in [0.25, 0.3) is 0 Å². The Bertz CT molecular complexity index is 450. The first-order valence-electron chi connectivity index (χ1n) is 7.09. The van der Waals surface area contributed by atoms with Gasteiger partial charge < -0.3 is 10.2 Å². The van der Waals surface area contributed by atoms with Crippen molar-refractivity contribution in [1.82, 2.24) is 4.90 Å². The highest BCUT2D eigenvalue weighted by Crippen LogP contribution is 2.12. The van der Waals surface area contributed by atoms with Crippen LogP contribution in [-0.2, 0) is 9.59 Å². The number of likely N-dealkylation sites (N-methyl/N-ethyl adjacent to an activating group) is 1. The Hall–Kier alpha value is -1.84. The van der Waals surface area contributed by atoms with Gasteiger partial charge in [-0.15, -0.1) is 0 Å². The molecule has 1 N–H and O–H groups in total. The number of rotatable bonds is 6. The van der Waals surface area contributed by atoms with Crippen LogP contribution in [-0.4, -0.2) is 30.3 Å². The Morgan fingerprint density at radius 1 is 1.15 bits per heavy atom. The maximum atomic E-state index is 12.1. The molecule has 0 atom stereocenters. The third-order valence-corrected chi connectivity index (χ3v) is 3.43. The lowest BCUT2D eigenvalue weighted by atomic mass is 10.0. The standard InChI is InChI=1S/C16H24N2O2/c1-5-13(6-2)16(20)18(4)11-15(19)17-14-9-7-12(3)8-10-14/h7-10,13H,5-6,11H2,1-4H3,(H,17,19). The minimum Gasteiger partial charge on any atom is -0.336 e. The smallest absolute Gasteiger partial charge is 0.243 e. The van der Waals surface area contributed by atoms with Crippen molar-refractivity contribution < 1.29 is 9.59 Å². The van der Waals surface area contributed by atoms with Gasteiger partial charge in [-0.05, 0) is 31.9 Å². The number of nitrogens with zero attached hydrogens (tertiary/aromatic N) is 1. The summed E-state index contributed by atoms with van der Waals surface area (Å²) in [5, 5.41) is 2.80. The van der Waals surface area contributed by atoms with Crippen molar-refractivity contribution in [3.63, 3.8) is 0 Å². The van der Waals surface area contributed by atoms with Crippen LogP contribution in [0.5, 0.6) is 0 Å². The first-order valence-corrected chi connectivity index (χ1v) is 7.09. The summed E-state index contributed by atoms with van der Waals surface area (Å²) in [5.41, 5.74) is 1.90. The number of hydrogen-bond donors (Lipinski definition) is 1. The van der Waals surface area contributed by atoms with E-state index in [9.17, 15) is 9.59 Å². The largest absolute Gasteiger partial charge is 0.336 e. The van der Waals surface area contributed by atoms with Crippen LogP contribution >= 0.6 is 0 Å². The third kappa shape index (κ3) is 4.68. The van der Waals surface area contributed by atoms with Crippen LogP contribution in [0.1, 0.15) is 32.3 Å². The second kappa shape index (κ2) is 7.68. The minimum atomic E-state index is -0.171. The molecular formula is C16H24N2O2. The average molecular weight is 276 g/mol.